The maximum Gasteiger partial charge on any atom is 0.435 e. The zero-order chi connectivity index (χ0) is 17.0. The fraction of sp³-hybridized carbons (Fsp3) is 0.214. The SMILES string of the molecule is C/C(=N/NC(=O)Cn1ccc(C(F)(F)F)n1)c1cccc(Br)c1. The van der Waals surface area contributed by atoms with Gasteiger partial charge in [-0.2, -0.15) is 23.4 Å². The molecule has 0 unspecified atom stereocenters. The Balaban J connectivity index is 1.97. The van der Waals surface area contributed by atoms with Crippen LogP contribution in [-0.4, -0.2) is 21.4 Å². The maximum absolute atomic E-state index is 12.4. The highest BCUT2D eigenvalue weighted by Gasteiger charge is 2.33. The highest BCUT2D eigenvalue weighted by atomic mass is 79.9. The van der Waals surface area contributed by atoms with E-state index in [1.165, 1.54) is 0 Å². The first-order chi connectivity index (χ1) is 10.8. The van der Waals surface area contributed by atoms with E-state index in [-0.39, 0.29) is 6.54 Å². The monoisotopic (exact) mass is 388 g/mol. The van der Waals surface area contributed by atoms with Crippen molar-refractivity contribution in [2.75, 3.05) is 0 Å². The van der Waals surface area contributed by atoms with Crippen LogP contribution in [0.4, 0.5) is 13.2 Å². The van der Waals surface area contributed by atoms with Gasteiger partial charge in [-0.3, -0.25) is 9.48 Å². The molecule has 0 aliphatic carbocycles. The molecule has 1 heterocycles. The van der Waals surface area contributed by atoms with Gasteiger partial charge in [-0.1, -0.05) is 28.1 Å². The van der Waals surface area contributed by atoms with Crippen molar-refractivity contribution in [3.05, 3.63) is 52.3 Å². The van der Waals surface area contributed by atoms with Crippen molar-refractivity contribution < 1.29 is 18.0 Å². The number of benzene rings is 1. The first-order valence-electron chi connectivity index (χ1n) is 6.45. The Bertz CT molecular complexity index is 740. The summed E-state index contributed by atoms with van der Waals surface area (Å²) < 4.78 is 39.0. The number of nitrogens with zero attached hydrogens (tertiary/aromatic N) is 3. The number of amides is 1. The number of aromatic nitrogens is 2. The van der Waals surface area contributed by atoms with E-state index >= 15 is 0 Å². The molecule has 0 spiro atoms. The van der Waals surface area contributed by atoms with E-state index in [1.54, 1.807) is 6.92 Å². The Hall–Kier alpha value is -2.16. The molecule has 5 nitrogen and oxygen atoms in total. The summed E-state index contributed by atoms with van der Waals surface area (Å²) in [6.07, 6.45) is -3.44. The van der Waals surface area contributed by atoms with E-state index in [2.05, 4.69) is 31.6 Å². The number of carbonyl (C=O) groups excluding carboxylic acids is 1. The molecule has 0 saturated carbocycles. The molecule has 1 aromatic carbocycles. The van der Waals surface area contributed by atoms with Crippen molar-refractivity contribution in [2.45, 2.75) is 19.6 Å². The van der Waals surface area contributed by atoms with Crippen LogP contribution in [0.5, 0.6) is 0 Å². The van der Waals surface area contributed by atoms with Crippen molar-refractivity contribution in [3.63, 3.8) is 0 Å². The van der Waals surface area contributed by atoms with E-state index in [4.69, 9.17) is 0 Å². The number of hydrogen-bond acceptors (Lipinski definition) is 3. The smallest absolute Gasteiger partial charge is 0.271 e. The van der Waals surface area contributed by atoms with Gasteiger partial charge < -0.3 is 0 Å². The van der Waals surface area contributed by atoms with Crippen LogP contribution in [0.1, 0.15) is 18.2 Å². The summed E-state index contributed by atoms with van der Waals surface area (Å²) >= 11 is 3.33. The zero-order valence-electron chi connectivity index (χ0n) is 11.9. The largest absolute Gasteiger partial charge is 0.435 e. The minimum absolute atomic E-state index is 0.356. The average Bonchev–Trinajstić information content (AvgIpc) is 2.93. The number of halogens is 4. The second-order valence-electron chi connectivity index (χ2n) is 4.64. The third-order valence-electron chi connectivity index (χ3n) is 2.83. The van der Waals surface area contributed by atoms with E-state index in [1.807, 2.05) is 24.3 Å². The first-order valence-corrected chi connectivity index (χ1v) is 7.25. The van der Waals surface area contributed by atoms with Crippen LogP contribution >= 0.6 is 15.9 Å². The molecule has 1 amide bonds. The average molecular weight is 389 g/mol. The van der Waals surface area contributed by atoms with Crippen LogP contribution in [0.15, 0.2) is 46.1 Å². The normalized spacial score (nSPS) is 12.3. The lowest BCUT2D eigenvalue weighted by atomic mass is 10.1. The number of carbonyl (C=O) groups is 1. The lowest BCUT2D eigenvalue weighted by Gasteiger charge is -2.04. The molecule has 2 aromatic rings. The zero-order valence-corrected chi connectivity index (χ0v) is 13.5. The van der Waals surface area contributed by atoms with Crippen molar-refractivity contribution in [1.82, 2.24) is 15.2 Å². The molecular weight excluding hydrogens is 377 g/mol. The van der Waals surface area contributed by atoms with Crippen LogP contribution in [0.25, 0.3) is 0 Å². The van der Waals surface area contributed by atoms with Crippen LogP contribution in [0.3, 0.4) is 0 Å². The van der Waals surface area contributed by atoms with Gasteiger partial charge >= 0.3 is 6.18 Å². The van der Waals surface area contributed by atoms with E-state index in [9.17, 15) is 18.0 Å². The number of alkyl halides is 3. The summed E-state index contributed by atoms with van der Waals surface area (Å²) in [5.74, 6) is -0.573. The minimum Gasteiger partial charge on any atom is -0.271 e. The molecule has 1 N–H and O–H groups in total. The van der Waals surface area contributed by atoms with Crippen LogP contribution in [0.2, 0.25) is 0 Å². The molecule has 23 heavy (non-hydrogen) atoms. The summed E-state index contributed by atoms with van der Waals surface area (Å²) in [6.45, 7) is 1.35. The standard InChI is InChI=1S/C14H12BrF3N4O/c1-9(10-3-2-4-11(15)7-10)19-20-13(23)8-22-6-5-12(21-22)14(16,17)18/h2-7H,8H2,1H3,(H,20,23)/b19-9-. The fourth-order valence-corrected chi connectivity index (χ4v) is 2.11. The van der Waals surface area contributed by atoms with Gasteiger partial charge in [0.25, 0.3) is 5.91 Å². The topological polar surface area (TPSA) is 59.3 Å². The molecule has 0 fully saturated rings. The summed E-state index contributed by atoms with van der Waals surface area (Å²) in [4.78, 5) is 11.7. The van der Waals surface area contributed by atoms with Crippen molar-refractivity contribution in [1.29, 1.82) is 0 Å². The van der Waals surface area contributed by atoms with E-state index in [0.29, 0.717) is 5.71 Å². The molecule has 0 bridgehead atoms. The van der Waals surface area contributed by atoms with Crippen molar-refractivity contribution >= 4 is 27.5 Å². The van der Waals surface area contributed by atoms with Crippen LogP contribution in [-0.2, 0) is 17.5 Å². The van der Waals surface area contributed by atoms with Crippen molar-refractivity contribution in [2.24, 2.45) is 5.10 Å². The second kappa shape index (κ2) is 6.95. The van der Waals surface area contributed by atoms with Gasteiger partial charge in [-0.15, -0.1) is 0 Å². The molecule has 0 aliphatic heterocycles. The first kappa shape index (κ1) is 17.2. The maximum atomic E-state index is 12.4. The minimum atomic E-state index is -4.53. The van der Waals surface area contributed by atoms with Gasteiger partial charge in [-0.05, 0) is 30.7 Å². The fourth-order valence-electron chi connectivity index (χ4n) is 1.71. The Labute approximate surface area is 138 Å². The predicted octanol–water partition coefficient (Wildman–Crippen LogP) is 3.20. The molecule has 122 valence electrons. The quantitative estimate of drug-likeness (QED) is 0.645. The summed E-state index contributed by atoms with van der Waals surface area (Å²) in [5.41, 5.74) is 2.62. The van der Waals surface area contributed by atoms with E-state index < -0.39 is 17.8 Å². The van der Waals surface area contributed by atoms with Crippen LogP contribution in [0, 0.1) is 0 Å². The number of nitrogens with one attached hydrogen (secondary N) is 1. The Morgan fingerprint density at radius 3 is 2.74 bits per heavy atom. The molecular formula is C14H12BrF3N4O. The molecule has 9 heteroatoms. The Morgan fingerprint density at radius 2 is 2.13 bits per heavy atom. The molecule has 0 aliphatic rings. The van der Waals surface area contributed by atoms with Crippen LogP contribution < -0.4 is 5.43 Å². The van der Waals surface area contributed by atoms with Gasteiger partial charge in [0.05, 0.1) is 5.71 Å². The summed E-state index contributed by atoms with van der Waals surface area (Å²) in [7, 11) is 0. The third-order valence-corrected chi connectivity index (χ3v) is 3.32. The molecule has 2 rings (SSSR count). The molecule has 0 saturated heterocycles. The summed E-state index contributed by atoms with van der Waals surface area (Å²) in [5, 5.41) is 7.21. The number of hydrazone groups is 1. The van der Waals surface area contributed by atoms with Gasteiger partial charge in [0, 0.05) is 10.7 Å². The van der Waals surface area contributed by atoms with Gasteiger partial charge in [0.15, 0.2) is 5.69 Å². The van der Waals surface area contributed by atoms with Gasteiger partial charge in [0.1, 0.15) is 6.54 Å². The van der Waals surface area contributed by atoms with Gasteiger partial charge in [0.2, 0.25) is 0 Å². The predicted molar refractivity (Wildman–Crippen MR) is 81.7 cm³/mol. The number of rotatable bonds is 4. The lowest BCUT2D eigenvalue weighted by Crippen LogP contribution is -2.24. The molecule has 0 atom stereocenters. The molecule has 1 aromatic heterocycles. The number of hydrogen-bond donors (Lipinski definition) is 1. The Morgan fingerprint density at radius 1 is 1.39 bits per heavy atom. The van der Waals surface area contributed by atoms with Gasteiger partial charge in [-0.25, -0.2) is 5.43 Å². The Kier molecular flexibility index (Phi) is 5.19. The second-order valence-corrected chi connectivity index (χ2v) is 5.55. The van der Waals surface area contributed by atoms with Crippen molar-refractivity contribution in [3.8, 4) is 0 Å². The highest BCUT2D eigenvalue weighted by molar-refractivity contribution is 9.10. The lowest BCUT2D eigenvalue weighted by molar-refractivity contribution is -0.141. The van der Waals surface area contributed by atoms with E-state index in [0.717, 1.165) is 27.0 Å². The summed E-state index contributed by atoms with van der Waals surface area (Å²) in [6, 6.07) is 8.13. The highest BCUT2D eigenvalue weighted by Crippen LogP contribution is 2.27. The molecule has 0 radical (unpaired) electrons. The third kappa shape index (κ3) is 4.92.